The number of hydrogen-bond donors (Lipinski definition) is 1. The number of anilines is 1. The summed E-state index contributed by atoms with van der Waals surface area (Å²) in [6.07, 6.45) is 0. The van der Waals surface area contributed by atoms with Crippen LogP contribution in [0.5, 0.6) is 0 Å². The lowest BCUT2D eigenvalue weighted by Crippen LogP contribution is -2.22. The van der Waals surface area contributed by atoms with Gasteiger partial charge in [-0.2, -0.15) is 0 Å². The van der Waals surface area contributed by atoms with Gasteiger partial charge in [-0.05, 0) is 24.3 Å². The van der Waals surface area contributed by atoms with Crippen LogP contribution < -0.4 is 4.72 Å². The number of hydrogen-bond acceptors (Lipinski definition) is 4. The average Bonchev–Trinajstić information content (AvgIpc) is 2.80. The van der Waals surface area contributed by atoms with E-state index in [2.05, 4.69) is 4.72 Å². The van der Waals surface area contributed by atoms with Crippen molar-refractivity contribution in [2.24, 2.45) is 0 Å². The number of carbonyl (C=O) groups excluding carboxylic acids is 1. The van der Waals surface area contributed by atoms with Crippen molar-refractivity contribution in [3.8, 4) is 0 Å². The Morgan fingerprint density at radius 1 is 1.17 bits per heavy atom. The first-order chi connectivity index (χ1) is 10.6. The Morgan fingerprint density at radius 3 is 2.35 bits per heavy atom. The van der Waals surface area contributed by atoms with Crippen LogP contribution in [0.1, 0.15) is 10.4 Å². The van der Waals surface area contributed by atoms with E-state index in [1.807, 2.05) is 0 Å². The maximum atomic E-state index is 12.4. The van der Waals surface area contributed by atoms with Crippen molar-refractivity contribution in [3.63, 3.8) is 0 Å². The summed E-state index contributed by atoms with van der Waals surface area (Å²) < 4.78 is 27.4. The van der Waals surface area contributed by atoms with Crippen LogP contribution in [-0.2, 0) is 10.0 Å². The highest BCUT2D eigenvalue weighted by molar-refractivity contribution is 7.93. The number of rotatable bonds is 4. The minimum atomic E-state index is -3.97. The van der Waals surface area contributed by atoms with E-state index in [0.29, 0.717) is 5.56 Å². The van der Waals surface area contributed by atoms with E-state index in [9.17, 15) is 13.2 Å². The van der Waals surface area contributed by atoms with E-state index in [1.54, 1.807) is 14.1 Å². The number of benzene rings is 1. The van der Waals surface area contributed by atoms with Gasteiger partial charge in [0, 0.05) is 19.7 Å². The predicted molar refractivity (Wildman–Crippen MR) is 94.6 cm³/mol. The molecule has 0 aliphatic heterocycles. The zero-order chi connectivity index (χ0) is 17.4. The van der Waals surface area contributed by atoms with Crippen LogP contribution in [0, 0.1) is 0 Å². The molecule has 0 aliphatic carbocycles. The second-order valence-corrected chi connectivity index (χ2v) is 9.03. The quantitative estimate of drug-likeness (QED) is 0.816. The van der Waals surface area contributed by atoms with Crippen LogP contribution in [0.3, 0.4) is 0 Å². The van der Waals surface area contributed by atoms with Gasteiger partial charge in [-0.1, -0.05) is 34.8 Å². The molecule has 0 bridgehead atoms. The second kappa shape index (κ2) is 6.86. The average molecular weight is 414 g/mol. The molecule has 124 valence electrons. The van der Waals surface area contributed by atoms with E-state index < -0.39 is 10.0 Å². The predicted octanol–water partition coefficient (Wildman–Crippen LogP) is 4.21. The molecule has 0 atom stereocenters. The molecule has 0 saturated heterocycles. The summed E-state index contributed by atoms with van der Waals surface area (Å²) >= 11 is 18.6. The first-order valence-corrected chi connectivity index (χ1v) is 9.54. The van der Waals surface area contributed by atoms with Crippen LogP contribution in [0.25, 0.3) is 0 Å². The van der Waals surface area contributed by atoms with Crippen molar-refractivity contribution in [2.45, 2.75) is 4.90 Å². The zero-order valence-corrected chi connectivity index (χ0v) is 15.8. The Kier molecular flexibility index (Phi) is 5.48. The smallest absolute Gasteiger partial charge is 0.264 e. The number of amides is 1. The molecule has 0 saturated carbocycles. The number of nitrogens with one attached hydrogen (secondary N) is 1. The summed E-state index contributed by atoms with van der Waals surface area (Å²) in [5.41, 5.74) is 0.379. The van der Waals surface area contributed by atoms with Gasteiger partial charge in [-0.15, -0.1) is 11.3 Å². The number of halogens is 3. The van der Waals surface area contributed by atoms with Gasteiger partial charge in [-0.3, -0.25) is 9.52 Å². The van der Waals surface area contributed by atoms with Crippen LogP contribution in [-0.4, -0.2) is 33.3 Å². The Hall–Kier alpha value is -0.990. The van der Waals surface area contributed by atoms with Gasteiger partial charge < -0.3 is 4.90 Å². The number of sulfonamides is 1. The van der Waals surface area contributed by atoms with E-state index >= 15 is 0 Å². The fourth-order valence-corrected chi connectivity index (χ4v) is 5.14. The van der Waals surface area contributed by atoms with Gasteiger partial charge >= 0.3 is 0 Å². The summed E-state index contributed by atoms with van der Waals surface area (Å²) in [4.78, 5) is 13.2. The van der Waals surface area contributed by atoms with Gasteiger partial charge in [-0.25, -0.2) is 8.42 Å². The molecule has 2 aromatic rings. The molecule has 1 amide bonds. The standard InChI is InChI=1S/C13H11Cl3N2O3S2/c1-18(2)13(19)7-3-4-8(14)9(5-7)17-23(20,21)10-6-11(15)22-12(10)16/h3-6,17H,1-2H3. The zero-order valence-electron chi connectivity index (χ0n) is 11.9. The Bertz CT molecular complexity index is 863. The van der Waals surface area contributed by atoms with Crippen LogP contribution >= 0.6 is 46.1 Å². The molecule has 1 N–H and O–H groups in total. The van der Waals surface area contributed by atoms with Crippen molar-refractivity contribution >= 4 is 67.8 Å². The van der Waals surface area contributed by atoms with Crippen molar-refractivity contribution in [1.82, 2.24) is 4.90 Å². The molecule has 0 unspecified atom stereocenters. The minimum Gasteiger partial charge on any atom is -0.345 e. The molecule has 0 radical (unpaired) electrons. The van der Waals surface area contributed by atoms with Gasteiger partial charge in [0.2, 0.25) is 0 Å². The maximum Gasteiger partial charge on any atom is 0.264 e. The van der Waals surface area contributed by atoms with Gasteiger partial charge in [0.15, 0.2) is 0 Å². The third kappa shape index (κ3) is 4.10. The first-order valence-electron chi connectivity index (χ1n) is 6.10. The number of thiophene rings is 1. The molecule has 1 heterocycles. The fraction of sp³-hybridized carbons (Fsp3) is 0.154. The van der Waals surface area contributed by atoms with E-state index in [-0.39, 0.29) is 30.2 Å². The Morgan fingerprint density at radius 2 is 1.83 bits per heavy atom. The lowest BCUT2D eigenvalue weighted by atomic mass is 10.2. The molecule has 5 nitrogen and oxygen atoms in total. The fourth-order valence-electron chi connectivity index (χ4n) is 1.70. The Labute approximate surface area is 152 Å². The highest BCUT2D eigenvalue weighted by Gasteiger charge is 2.22. The maximum absolute atomic E-state index is 12.4. The Balaban J connectivity index is 2.41. The lowest BCUT2D eigenvalue weighted by molar-refractivity contribution is 0.0827. The van der Waals surface area contributed by atoms with E-state index in [0.717, 1.165) is 11.3 Å². The molecule has 0 spiro atoms. The normalized spacial score (nSPS) is 11.3. The van der Waals surface area contributed by atoms with Gasteiger partial charge in [0.25, 0.3) is 15.9 Å². The summed E-state index contributed by atoms with van der Waals surface area (Å²) in [6.45, 7) is 0. The summed E-state index contributed by atoms with van der Waals surface area (Å²) in [6, 6.07) is 5.57. The molecule has 0 fully saturated rings. The highest BCUT2D eigenvalue weighted by atomic mass is 35.5. The van der Waals surface area contributed by atoms with Crippen molar-refractivity contribution in [2.75, 3.05) is 18.8 Å². The summed E-state index contributed by atoms with van der Waals surface area (Å²) in [7, 11) is -0.791. The van der Waals surface area contributed by atoms with Crippen LogP contribution in [0.4, 0.5) is 5.69 Å². The lowest BCUT2D eigenvalue weighted by Gasteiger charge is -2.13. The van der Waals surface area contributed by atoms with Crippen molar-refractivity contribution in [3.05, 3.63) is 43.5 Å². The molecule has 10 heteroatoms. The second-order valence-electron chi connectivity index (χ2n) is 4.69. The molecule has 23 heavy (non-hydrogen) atoms. The number of carbonyl (C=O) groups is 1. The summed E-state index contributed by atoms with van der Waals surface area (Å²) in [5.74, 6) is -0.279. The molecule has 1 aromatic carbocycles. The molecular weight excluding hydrogens is 403 g/mol. The number of nitrogens with zero attached hydrogens (tertiary/aromatic N) is 1. The largest absolute Gasteiger partial charge is 0.345 e. The SMILES string of the molecule is CN(C)C(=O)c1ccc(Cl)c(NS(=O)(=O)c2cc(Cl)sc2Cl)c1. The first kappa shape index (κ1) is 18.4. The molecular formula is C13H11Cl3N2O3S2. The van der Waals surface area contributed by atoms with Gasteiger partial charge in [0.05, 0.1) is 15.0 Å². The molecule has 0 aliphatic rings. The topological polar surface area (TPSA) is 66.5 Å². The summed E-state index contributed by atoms with van der Waals surface area (Å²) in [5, 5.41) is 0.154. The van der Waals surface area contributed by atoms with Crippen molar-refractivity contribution < 1.29 is 13.2 Å². The van der Waals surface area contributed by atoms with Crippen molar-refractivity contribution in [1.29, 1.82) is 0 Å². The van der Waals surface area contributed by atoms with Crippen LogP contribution in [0.15, 0.2) is 29.2 Å². The minimum absolute atomic E-state index is 0.0409. The molecule has 2 rings (SSSR count). The van der Waals surface area contributed by atoms with Crippen LogP contribution in [0.2, 0.25) is 13.7 Å². The monoisotopic (exact) mass is 412 g/mol. The third-order valence-electron chi connectivity index (χ3n) is 2.78. The van der Waals surface area contributed by atoms with E-state index in [4.69, 9.17) is 34.8 Å². The molecule has 1 aromatic heterocycles. The van der Waals surface area contributed by atoms with E-state index in [1.165, 1.54) is 29.2 Å². The van der Waals surface area contributed by atoms with Gasteiger partial charge in [0.1, 0.15) is 9.23 Å². The third-order valence-corrected chi connectivity index (χ3v) is 6.23. The highest BCUT2D eigenvalue weighted by Crippen LogP contribution is 2.36.